The van der Waals surface area contributed by atoms with Crippen LogP contribution in [0.4, 0.5) is 0 Å². The first-order chi connectivity index (χ1) is 8.58. The van der Waals surface area contributed by atoms with E-state index >= 15 is 0 Å². The summed E-state index contributed by atoms with van der Waals surface area (Å²) in [5, 5.41) is 3.47. The predicted octanol–water partition coefficient (Wildman–Crippen LogP) is 2.57. The number of rotatable bonds is 3. The van der Waals surface area contributed by atoms with Crippen LogP contribution >= 0.6 is 0 Å². The van der Waals surface area contributed by atoms with Gasteiger partial charge in [-0.25, -0.2) is 0 Å². The van der Waals surface area contributed by atoms with Crippen LogP contribution in [0, 0.1) is 6.92 Å². The molecule has 0 aliphatic carbocycles. The van der Waals surface area contributed by atoms with Crippen molar-refractivity contribution in [2.75, 3.05) is 32.7 Å². The molecule has 0 atom stereocenters. The Morgan fingerprint density at radius 2 is 1.83 bits per heavy atom. The number of benzene rings is 1. The number of hydrogen-bond acceptors (Lipinski definition) is 2. The summed E-state index contributed by atoms with van der Waals surface area (Å²) in [4.78, 5) is 2.60. The Kier molecular flexibility index (Phi) is 4.41. The molecule has 0 saturated carbocycles. The van der Waals surface area contributed by atoms with E-state index in [1.807, 2.05) is 0 Å². The van der Waals surface area contributed by atoms with E-state index in [0.717, 1.165) is 13.1 Å². The highest BCUT2D eigenvalue weighted by Gasteiger charge is 2.24. The second-order valence-corrected chi connectivity index (χ2v) is 6.13. The quantitative estimate of drug-likeness (QED) is 0.882. The molecular weight excluding hydrogens is 220 g/mol. The van der Waals surface area contributed by atoms with Gasteiger partial charge in [0.25, 0.3) is 0 Å². The highest BCUT2D eigenvalue weighted by atomic mass is 15.2. The monoisotopic (exact) mass is 246 g/mol. The van der Waals surface area contributed by atoms with Gasteiger partial charge in [0.2, 0.25) is 0 Å². The lowest BCUT2D eigenvalue weighted by atomic mass is 9.83. The van der Waals surface area contributed by atoms with Crippen LogP contribution in [0.5, 0.6) is 0 Å². The zero-order valence-electron chi connectivity index (χ0n) is 12.0. The highest BCUT2D eigenvalue weighted by Crippen LogP contribution is 2.24. The van der Waals surface area contributed by atoms with Gasteiger partial charge in [-0.3, -0.25) is 0 Å². The Morgan fingerprint density at radius 3 is 2.56 bits per heavy atom. The van der Waals surface area contributed by atoms with Crippen molar-refractivity contribution in [2.24, 2.45) is 0 Å². The highest BCUT2D eigenvalue weighted by molar-refractivity contribution is 5.27. The van der Waals surface area contributed by atoms with E-state index in [1.54, 1.807) is 0 Å². The molecule has 1 aromatic rings. The normalized spacial score (nSPS) is 18.6. The molecule has 2 rings (SSSR count). The van der Waals surface area contributed by atoms with Crippen LogP contribution in [0.2, 0.25) is 0 Å². The van der Waals surface area contributed by atoms with E-state index < -0.39 is 0 Å². The average molecular weight is 246 g/mol. The number of hydrogen-bond donors (Lipinski definition) is 1. The van der Waals surface area contributed by atoms with Crippen LogP contribution in [0.15, 0.2) is 24.3 Å². The molecule has 0 spiro atoms. The van der Waals surface area contributed by atoms with E-state index in [9.17, 15) is 0 Å². The molecule has 1 aliphatic heterocycles. The van der Waals surface area contributed by atoms with Gasteiger partial charge in [0.15, 0.2) is 0 Å². The summed E-state index contributed by atoms with van der Waals surface area (Å²) in [7, 11) is 0. The van der Waals surface area contributed by atoms with Gasteiger partial charge in [-0.2, -0.15) is 0 Å². The van der Waals surface area contributed by atoms with Gasteiger partial charge in [-0.15, -0.1) is 0 Å². The van der Waals surface area contributed by atoms with Crippen LogP contribution in [0.25, 0.3) is 0 Å². The zero-order valence-corrected chi connectivity index (χ0v) is 12.0. The van der Waals surface area contributed by atoms with Gasteiger partial charge in [0, 0.05) is 25.0 Å². The first-order valence-electron chi connectivity index (χ1n) is 7.08. The number of nitrogens with zero attached hydrogens (tertiary/aromatic N) is 1. The molecule has 0 amide bonds. The molecule has 100 valence electrons. The minimum atomic E-state index is 0.234. The molecular formula is C16H26N2. The maximum absolute atomic E-state index is 3.47. The van der Waals surface area contributed by atoms with Gasteiger partial charge in [0.05, 0.1) is 0 Å². The van der Waals surface area contributed by atoms with Crippen molar-refractivity contribution in [1.82, 2.24) is 10.2 Å². The molecule has 0 bridgehead atoms. The summed E-state index contributed by atoms with van der Waals surface area (Å²) in [6.45, 7) is 12.7. The second kappa shape index (κ2) is 5.85. The molecule has 1 aromatic carbocycles. The lowest BCUT2D eigenvalue weighted by Gasteiger charge is -2.32. The Morgan fingerprint density at radius 1 is 1.11 bits per heavy atom. The summed E-state index contributed by atoms with van der Waals surface area (Å²) in [5.41, 5.74) is 3.02. The first-order valence-corrected chi connectivity index (χ1v) is 7.08. The van der Waals surface area contributed by atoms with Gasteiger partial charge in [-0.05, 0) is 32.0 Å². The third-order valence-electron chi connectivity index (χ3n) is 3.88. The van der Waals surface area contributed by atoms with Gasteiger partial charge >= 0.3 is 0 Å². The molecule has 2 heteroatoms. The van der Waals surface area contributed by atoms with E-state index in [4.69, 9.17) is 0 Å². The summed E-state index contributed by atoms with van der Waals surface area (Å²) < 4.78 is 0. The van der Waals surface area contributed by atoms with Crippen molar-refractivity contribution in [3.8, 4) is 0 Å². The zero-order chi connectivity index (χ0) is 13.0. The standard InChI is InChI=1S/C16H26N2/c1-14-5-7-15(8-6-14)16(2,3)13-18-11-4-9-17-10-12-18/h5-8,17H,4,9-13H2,1-3H3. The molecule has 1 fully saturated rings. The maximum Gasteiger partial charge on any atom is 0.0107 e. The maximum atomic E-state index is 3.47. The summed E-state index contributed by atoms with van der Waals surface area (Å²) in [6.07, 6.45) is 1.27. The molecule has 1 aliphatic rings. The third-order valence-corrected chi connectivity index (χ3v) is 3.88. The SMILES string of the molecule is Cc1ccc(C(C)(C)CN2CCCNCC2)cc1. The van der Waals surface area contributed by atoms with Gasteiger partial charge in [0.1, 0.15) is 0 Å². The second-order valence-electron chi connectivity index (χ2n) is 6.13. The fourth-order valence-corrected chi connectivity index (χ4v) is 2.71. The smallest absolute Gasteiger partial charge is 0.0107 e. The summed E-state index contributed by atoms with van der Waals surface area (Å²) in [5.74, 6) is 0. The minimum Gasteiger partial charge on any atom is -0.315 e. The lowest BCUT2D eigenvalue weighted by Crippen LogP contribution is -2.38. The Balaban J connectivity index is 2.03. The van der Waals surface area contributed by atoms with Crippen molar-refractivity contribution in [2.45, 2.75) is 32.6 Å². The van der Waals surface area contributed by atoms with Crippen molar-refractivity contribution in [3.63, 3.8) is 0 Å². The molecule has 2 nitrogen and oxygen atoms in total. The molecule has 18 heavy (non-hydrogen) atoms. The van der Waals surface area contributed by atoms with Gasteiger partial charge in [-0.1, -0.05) is 43.7 Å². The fourth-order valence-electron chi connectivity index (χ4n) is 2.71. The molecule has 0 radical (unpaired) electrons. The van der Waals surface area contributed by atoms with E-state index in [1.165, 1.54) is 37.2 Å². The van der Waals surface area contributed by atoms with E-state index in [-0.39, 0.29) is 5.41 Å². The largest absolute Gasteiger partial charge is 0.315 e. The van der Waals surface area contributed by atoms with Crippen LogP contribution in [-0.2, 0) is 5.41 Å². The molecule has 0 aromatic heterocycles. The average Bonchev–Trinajstić information content (AvgIpc) is 2.57. The summed E-state index contributed by atoms with van der Waals surface area (Å²) in [6, 6.07) is 9.01. The fraction of sp³-hybridized carbons (Fsp3) is 0.625. The summed E-state index contributed by atoms with van der Waals surface area (Å²) >= 11 is 0. The molecule has 1 N–H and O–H groups in total. The van der Waals surface area contributed by atoms with Crippen molar-refractivity contribution in [3.05, 3.63) is 35.4 Å². The molecule has 1 saturated heterocycles. The number of nitrogens with one attached hydrogen (secondary N) is 1. The van der Waals surface area contributed by atoms with E-state index in [2.05, 4.69) is 55.3 Å². The van der Waals surface area contributed by atoms with Crippen molar-refractivity contribution in [1.29, 1.82) is 0 Å². The Labute approximate surface area is 111 Å². The Hall–Kier alpha value is -0.860. The van der Waals surface area contributed by atoms with Crippen LogP contribution in [-0.4, -0.2) is 37.6 Å². The first kappa shape index (κ1) is 13.6. The molecule has 1 heterocycles. The Bertz CT molecular complexity index is 359. The lowest BCUT2D eigenvalue weighted by molar-refractivity contribution is 0.237. The van der Waals surface area contributed by atoms with Gasteiger partial charge < -0.3 is 10.2 Å². The predicted molar refractivity (Wildman–Crippen MR) is 78.1 cm³/mol. The van der Waals surface area contributed by atoms with Crippen LogP contribution in [0.1, 0.15) is 31.4 Å². The minimum absolute atomic E-state index is 0.234. The van der Waals surface area contributed by atoms with E-state index in [0.29, 0.717) is 0 Å². The number of aryl methyl sites for hydroxylation is 1. The van der Waals surface area contributed by atoms with Crippen LogP contribution < -0.4 is 5.32 Å². The van der Waals surface area contributed by atoms with Crippen LogP contribution in [0.3, 0.4) is 0 Å². The third kappa shape index (κ3) is 3.56. The van der Waals surface area contributed by atoms with Crippen molar-refractivity contribution >= 4 is 0 Å². The molecule has 0 unspecified atom stereocenters. The topological polar surface area (TPSA) is 15.3 Å². The van der Waals surface area contributed by atoms with Crippen molar-refractivity contribution < 1.29 is 0 Å².